The van der Waals surface area contributed by atoms with Crippen LogP contribution in [0.5, 0.6) is 0 Å². The van der Waals surface area contributed by atoms with Gasteiger partial charge in [-0.3, -0.25) is 4.79 Å². The molecule has 32 heavy (non-hydrogen) atoms. The number of benzene rings is 1. The maximum absolute atomic E-state index is 14.4. The van der Waals surface area contributed by atoms with Crippen LogP contribution in [-0.2, 0) is 13.1 Å². The zero-order chi connectivity index (χ0) is 22.8. The Morgan fingerprint density at radius 2 is 2.22 bits per heavy atom. The van der Waals surface area contributed by atoms with Gasteiger partial charge < -0.3 is 25.4 Å². The Hall–Kier alpha value is -3.04. The molecule has 9 heteroatoms. The number of aromatic nitrogens is 1. The predicted octanol–water partition coefficient (Wildman–Crippen LogP) is 4.21. The Kier molecular flexibility index (Phi) is 6.38. The molecule has 3 heterocycles. The Balaban J connectivity index is 1.52. The highest BCUT2D eigenvalue weighted by atomic mass is 32.2. The van der Waals surface area contributed by atoms with Crippen molar-refractivity contribution in [1.29, 1.82) is 5.41 Å². The number of nitrogens with two attached hydrogens (primary N) is 1. The van der Waals surface area contributed by atoms with Gasteiger partial charge in [0.05, 0.1) is 6.26 Å². The van der Waals surface area contributed by atoms with Gasteiger partial charge in [0.25, 0.3) is 5.91 Å². The van der Waals surface area contributed by atoms with E-state index in [0.29, 0.717) is 41.7 Å². The number of hydrogen-bond acceptors (Lipinski definition) is 6. The van der Waals surface area contributed by atoms with Gasteiger partial charge in [0.1, 0.15) is 17.1 Å². The second kappa shape index (κ2) is 9.22. The molecular formula is C23H26FN5O2S. The molecule has 1 amide bonds. The summed E-state index contributed by atoms with van der Waals surface area (Å²) in [6, 6.07) is 6.51. The third-order valence-electron chi connectivity index (χ3n) is 5.78. The average molecular weight is 456 g/mol. The highest BCUT2D eigenvalue weighted by Gasteiger charge is 2.22. The molecule has 0 atom stereocenters. The van der Waals surface area contributed by atoms with E-state index < -0.39 is 0 Å². The molecule has 7 nitrogen and oxygen atoms in total. The van der Waals surface area contributed by atoms with Crippen molar-refractivity contribution in [3.05, 3.63) is 64.6 Å². The van der Waals surface area contributed by atoms with E-state index in [1.54, 1.807) is 24.1 Å². The van der Waals surface area contributed by atoms with Crippen LogP contribution in [-0.4, -0.2) is 34.1 Å². The Morgan fingerprint density at radius 1 is 1.41 bits per heavy atom. The van der Waals surface area contributed by atoms with Crippen molar-refractivity contribution in [3.63, 3.8) is 0 Å². The lowest BCUT2D eigenvalue weighted by atomic mass is 10.1. The molecule has 0 spiro atoms. The minimum atomic E-state index is -0.378. The van der Waals surface area contributed by atoms with Gasteiger partial charge in [-0.2, -0.15) is 0 Å². The third-order valence-corrected chi connectivity index (χ3v) is 6.96. The summed E-state index contributed by atoms with van der Waals surface area (Å²) in [6.45, 7) is 6.05. The number of nitrogens with one attached hydrogen (secondary N) is 2. The second-order valence-corrected chi connectivity index (χ2v) is 8.80. The number of fused-ring (bicyclic) bond motifs is 1. The van der Waals surface area contributed by atoms with Crippen LogP contribution in [0.3, 0.4) is 0 Å². The summed E-state index contributed by atoms with van der Waals surface area (Å²) < 4.78 is 23.8. The molecule has 0 radical (unpaired) electrons. The SMILES string of the molecule is CCn1c(C(=O)NCc2c(F)ccc3occc23)cc(SN2CCC(N)=C(C=N)C2)c1C. The van der Waals surface area contributed by atoms with Gasteiger partial charge in [0.15, 0.2) is 0 Å². The van der Waals surface area contributed by atoms with Crippen molar-refractivity contribution < 1.29 is 13.6 Å². The Labute approximate surface area is 190 Å². The molecule has 2 aromatic heterocycles. The fraction of sp³-hybridized carbons (Fsp3) is 0.304. The summed E-state index contributed by atoms with van der Waals surface area (Å²) in [7, 11) is 0. The van der Waals surface area contributed by atoms with E-state index in [-0.39, 0.29) is 18.3 Å². The molecule has 1 aromatic carbocycles. The van der Waals surface area contributed by atoms with Gasteiger partial charge in [-0.1, -0.05) is 0 Å². The van der Waals surface area contributed by atoms with E-state index in [2.05, 4.69) is 9.62 Å². The molecule has 4 rings (SSSR count). The van der Waals surface area contributed by atoms with Crippen LogP contribution >= 0.6 is 11.9 Å². The molecule has 3 aromatic rings. The third kappa shape index (κ3) is 4.18. The maximum Gasteiger partial charge on any atom is 0.268 e. The number of carbonyl (C=O) groups is 1. The van der Waals surface area contributed by atoms with Crippen LogP contribution in [0.1, 0.15) is 35.1 Å². The normalized spacial score (nSPS) is 14.8. The molecule has 0 fully saturated rings. The fourth-order valence-electron chi connectivity index (χ4n) is 3.96. The van der Waals surface area contributed by atoms with Gasteiger partial charge >= 0.3 is 0 Å². The molecule has 0 unspecified atom stereocenters. The highest BCUT2D eigenvalue weighted by Crippen LogP contribution is 2.32. The van der Waals surface area contributed by atoms with E-state index in [9.17, 15) is 9.18 Å². The number of nitrogens with zero attached hydrogens (tertiary/aromatic N) is 2. The largest absolute Gasteiger partial charge is 0.464 e. The molecule has 0 saturated carbocycles. The average Bonchev–Trinajstić information content (AvgIpc) is 3.38. The van der Waals surface area contributed by atoms with Crippen molar-refractivity contribution in [1.82, 2.24) is 14.2 Å². The first-order valence-corrected chi connectivity index (χ1v) is 11.2. The maximum atomic E-state index is 14.4. The lowest BCUT2D eigenvalue weighted by molar-refractivity contribution is 0.0941. The van der Waals surface area contributed by atoms with E-state index in [0.717, 1.165) is 28.4 Å². The van der Waals surface area contributed by atoms with Gasteiger partial charge in [-0.15, -0.1) is 0 Å². The first kappa shape index (κ1) is 22.2. The lowest BCUT2D eigenvalue weighted by Gasteiger charge is -2.26. The molecule has 168 valence electrons. The van der Waals surface area contributed by atoms with Gasteiger partial charge in [-0.05, 0) is 50.1 Å². The van der Waals surface area contributed by atoms with Crippen molar-refractivity contribution in [2.45, 2.75) is 38.3 Å². The smallest absolute Gasteiger partial charge is 0.268 e. The minimum absolute atomic E-state index is 0.0663. The van der Waals surface area contributed by atoms with Crippen molar-refractivity contribution in [2.24, 2.45) is 5.73 Å². The number of hydrogen-bond donors (Lipinski definition) is 3. The molecule has 4 N–H and O–H groups in total. The van der Waals surface area contributed by atoms with E-state index in [4.69, 9.17) is 15.6 Å². The summed E-state index contributed by atoms with van der Waals surface area (Å²) in [4.78, 5) is 14.0. The number of rotatable bonds is 7. The van der Waals surface area contributed by atoms with E-state index >= 15 is 0 Å². The summed E-state index contributed by atoms with van der Waals surface area (Å²) in [5.74, 6) is -0.637. The molecule has 1 aliphatic rings. The summed E-state index contributed by atoms with van der Waals surface area (Å²) >= 11 is 1.57. The van der Waals surface area contributed by atoms with Gasteiger partial charge in [0, 0.05) is 71.6 Å². The number of carbonyl (C=O) groups excluding carboxylic acids is 1. The van der Waals surface area contributed by atoms with Crippen molar-refractivity contribution >= 4 is 35.0 Å². The second-order valence-electron chi connectivity index (χ2n) is 7.66. The number of halogens is 1. The quantitative estimate of drug-likeness (QED) is 0.366. The fourth-order valence-corrected chi connectivity index (χ4v) is 5.03. The number of amides is 1. The van der Waals surface area contributed by atoms with Crippen LogP contribution < -0.4 is 11.1 Å². The van der Waals surface area contributed by atoms with Crippen LogP contribution in [0, 0.1) is 18.2 Å². The highest BCUT2D eigenvalue weighted by molar-refractivity contribution is 7.97. The van der Waals surface area contributed by atoms with Crippen LogP contribution in [0.25, 0.3) is 11.0 Å². The monoisotopic (exact) mass is 455 g/mol. The van der Waals surface area contributed by atoms with E-state index in [1.165, 1.54) is 18.5 Å². The standard InChI is InChI=1S/C23H26FN5O2S/c1-3-29-14(2)22(32-28-8-6-19(26)15(11-25)13-28)10-20(29)23(30)27-12-17-16-7-9-31-21(16)5-4-18(17)24/h4-5,7,9-11,25H,3,6,8,12-13,26H2,1-2H3,(H,27,30). The summed E-state index contributed by atoms with van der Waals surface area (Å²) in [5.41, 5.74) is 10.1. The van der Waals surface area contributed by atoms with Crippen LogP contribution in [0.4, 0.5) is 4.39 Å². The predicted molar refractivity (Wildman–Crippen MR) is 124 cm³/mol. The van der Waals surface area contributed by atoms with Gasteiger partial charge in [-0.25, -0.2) is 8.70 Å². The van der Waals surface area contributed by atoms with Crippen molar-refractivity contribution in [2.75, 3.05) is 13.1 Å². The first-order chi connectivity index (χ1) is 15.4. The van der Waals surface area contributed by atoms with Crippen molar-refractivity contribution in [3.8, 4) is 0 Å². The Morgan fingerprint density at radius 3 is 2.97 bits per heavy atom. The van der Waals surface area contributed by atoms with E-state index in [1.807, 2.05) is 24.5 Å². The Bertz CT molecular complexity index is 1210. The van der Waals surface area contributed by atoms with Gasteiger partial charge in [0.2, 0.25) is 0 Å². The zero-order valence-electron chi connectivity index (χ0n) is 18.1. The molecule has 0 bridgehead atoms. The zero-order valence-corrected chi connectivity index (χ0v) is 18.9. The minimum Gasteiger partial charge on any atom is -0.464 e. The summed E-state index contributed by atoms with van der Waals surface area (Å²) in [6.07, 6.45) is 3.53. The molecule has 0 aliphatic carbocycles. The molecule has 0 saturated heterocycles. The topological polar surface area (TPSA) is 100 Å². The first-order valence-electron chi connectivity index (χ1n) is 10.5. The lowest BCUT2D eigenvalue weighted by Crippen LogP contribution is -2.29. The number of furan rings is 1. The van der Waals surface area contributed by atoms with Crippen LogP contribution in [0.2, 0.25) is 0 Å². The van der Waals surface area contributed by atoms with Crippen LogP contribution in [0.15, 0.2) is 51.1 Å². The summed E-state index contributed by atoms with van der Waals surface area (Å²) in [5, 5.41) is 11.1. The molecular weight excluding hydrogens is 429 g/mol. The molecule has 1 aliphatic heterocycles.